The molecule has 746 valence electrons. The lowest BCUT2D eigenvalue weighted by Crippen LogP contribution is -2.34. The number of aliphatic hydroxyl groups is 20. The van der Waals surface area contributed by atoms with E-state index in [4.69, 9.17) is 61.4 Å². The van der Waals surface area contributed by atoms with E-state index < -0.39 is 266 Å². The van der Waals surface area contributed by atoms with Gasteiger partial charge in [-0.15, -0.1) is 0 Å². The van der Waals surface area contributed by atoms with Crippen LogP contribution in [0, 0.1) is 33.0 Å². The molecule has 0 aliphatic heterocycles. The number of nitrogens with two attached hydrogens (primary N) is 6. The summed E-state index contributed by atoms with van der Waals surface area (Å²) in [6, 6.07) is -4.13. The van der Waals surface area contributed by atoms with Crippen molar-refractivity contribution in [2.75, 3.05) is 59.0 Å². The molecule has 2 aromatic rings. The van der Waals surface area contributed by atoms with E-state index in [0.717, 1.165) is 5.56 Å². The van der Waals surface area contributed by atoms with Crippen LogP contribution in [0.5, 0.6) is 0 Å². The van der Waals surface area contributed by atoms with Crippen LogP contribution >= 0.6 is 0 Å². The largest absolute Gasteiger partial charge is 0.497 e. The summed E-state index contributed by atoms with van der Waals surface area (Å²) in [5.74, 6) is -18.7. The van der Waals surface area contributed by atoms with Crippen LogP contribution < -0.4 is 50.4 Å². The number of hydrogen-bond donors (Lipinski definition) is 35. The third-order valence-electron chi connectivity index (χ3n) is 19.0. The predicted molar refractivity (Wildman–Crippen MR) is 518 cm³/mol. The Labute approximate surface area is 773 Å². The molecule has 0 radical (unpaired) electrons. The highest BCUT2D eigenvalue weighted by Gasteiger charge is 2.32. The summed E-state index contributed by atoms with van der Waals surface area (Å²) >= 11 is 0. The summed E-state index contributed by atoms with van der Waals surface area (Å²) in [6.07, 6.45) is -2.87. The zero-order chi connectivity index (χ0) is 101. The van der Waals surface area contributed by atoms with Crippen LogP contribution in [0.3, 0.4) is 0 Å². The second-order valence-corrected chi connectivity index (χ2v) is 31.0. The van der Waals surface area contributed by atoms with Gasteiger partial charge in [-0.25, -0.2) is 84.7 Å². The quantitative estimate of drug-likeness (QED) is 0.0255. The lowest BCUT2D eigenvalue weighted by molar-refractivity contribution is -0.138. The Morgan fingerprint density at radius 1 is 0.358 bits per heavy atom. The molecule has 0 heterocycles. The van der Waals surface area contributed by atoms with Gasteiger partial charge in [0.1, 0.15) is 80.1 Å². The maximum absolute atomic E-state index is 12.0. The van der Waals surface area contributed by atoms with Crippen molar-refractivity contribution < 1.29 is 112 Å². The zero-order valence-corrected chi connectivity index (χ0v) is 75.5. The van der Waals surface area contributed by atoms with Crippen molar-refractivity contribution >= 4 is 130 Å². The molecule has 0 aliphatic rings. The van der Waals surface area contributed by atoms with Crippen LogP contribution in [0.1, 0.15) is 148 Å². The van der Waals surface area contributed by atoms with Gasteiger partial charge in [-0.2, -0.15) is 0 Å². The third-order valence-corrected chi connectivity index (χ3v) is 19.0. The number of aliphatic imine (C=N–C) groups is 16. The number of aliphatic hydroxyl groups excluding tert-OH is 20. The van der Waals surface area contributed by atoms with Gasteiger partial charge in [0.25, 0.3) is 0 Å². The van der Waals surface area contributed by atoms with E-state index in [1.807, 2.05) is 18.2 Å². The monoisotopic (exact) mass is 1890 g/mol. The molecule has 0 unspecified atom stereocenters. The number of nitrogens with zero attached hydrogens (tertiary/aromatic N) is 16. The second-order valence-electron chi connectivity index (χ2n) is 31.0. The van der Waals surface area contributed by atoms with Crippen molar-refractivity contribution in [3.05, 3.63) is 71.8 Å². The maximum Gasteiger partial charge on any atom is 0.328 e. The van der Waals surface area contributed by atoms with Gasteiger partial charge in [-0.1, -0.05) is 74.5 Å². The van der Waals surface area contributed by atoms with Crippen LogP contribution in [0.2, 0.25) is 0 Å². The number of guanidine groups is 3. The number of unbranched alkanes of at least 4 members (excludes halogenated alkanes) is 2. The summed E-state index contributed by atoms with van der Waals surface area (Å²) in [6.45, 7) is 4.33. The van der Waals surface area contributed by atoms with Crippen molar-refractivity contribution in [1.29, 1.82) is 27.0 Å². The van der Waals surface area contributed by atoms with Gasteiger partial charge in [-0.3, -0.25) is 27.0 Å². The topological polar surface area (TPSA) is 951 Å². The lowest BCUT2D eigenvalue weighted by Gasteiger charge is -2.20. The van der Waals surface area contributed by atoms with Gasteiger partial charge in [0.05, 0.1) is 25.2 Å². The molecule has 0 amide bonds. The van der Waals surface area contributed by atoms with E-state index in [1.54, 1.807) is 56.3 Å². The highest BCUT2D eigenvalue weighted by atomic mass is 16.4. The molecule has 0 saturated carbocycles. The first-order valence-corrected chi connectivity index (χ1v) is 42.9. The molecule has 134 heavy (non-hydrogen) atoms. The SMILES string of the molecule is CC(C)C[C@H](N=C(O)[C@H](CCCCN)N=C(O)[C@H](CCCNC(=N)N)N=C(O)[C@H](C)N=C(O)[C@H](CO)N=C(O)[C@H](CCCCN)N=C(O)[C@H](CCCNC(=N)N)N=C(O)[C@H](C)N=C(O)CN=C(O)[C@@H](N=C(O)[C@H](Cc1ccccc1)N=C(O)CN=C(O)CN=C(O)[C@@H](N)Cc1ccccc1)[C@@H](C)O)C(O)=N[C@@H](CCCNC(=N)N)C(O)=N[C@@H](CC(=N)O)C(O)=N[C@@H](CCC(=N)O)C(=O)O. The first-order valence-electron chi connectivity index (χ1n) is 42.9. The lowest BCUT2D eigenvalue weighted by atomic mass is 10.0. The molecule has 0 spiro atoms. The molecule has 2 aromatic carbocycles. The minimum absolute atomic E-state index is 0.00227. The normalized spacial score (nSPS) is 17.4. The Morgan fingerprint density at radius 3 is 1.12 bits per heavy atom. The molecule has 52 heteroatoms. The van der Waals surface area contributed by atoms with E-state index in [9.17, 15) is 112 Å². The van der Waals surface area contributed by atoms with Gasteiger partial charge in [0.15, 0.2) is 53.7 Å². The zero-order valence-electron chi connectivity index (χ0n) is 75.5. The fourth-order valence-corrected chi connectivity index (χ4v) is 12.0. The number of nitrogens with one attached hydrogen (secondary N) is 8. The Morgan fingerprint density at radius 2 is 0.709 bits per heavy atom. The first kappa shape index (κ1) is 116. The van der Waals surface area contributed by atoms with Gasteiger partial charge in [0, 0.05) is 32.5 Å². The molecule has 0 bridgehead atoms. The number of benzene rings is 2. The molecule has 0 fully saturated rings. The first-order chi connectivity index (χ1) is 63.3. The van der Waals surface area contributed by atoms with E-state index in [-0.39, 0.29) is 122 Å². The number of carboxylic acid groups (broad SMARTS) is 1. The van der Waals surface area contributed by atoms with E-state index in [0.29, 0.717) is 18.4 Å². The summed E-state index contributed by atoms with van der Waals surface area (Å²) < 4.78 is 0. The molecular weight excluding hydrogens is 1760 g/mol. The molecule has 0 aromatic heterocycles. The Balaban J connectivity index is 2.75. The Kier molecular flexibility index (Phi) is 54.7. The smallest absolute Gasteiger partial charge is 0.328 e. The summed E-state index contributed by atoms with van der Waals surface area (Å²) in [5, 5.41) is 278. The van der Waals surface area contributed by atoms with Crippen LogP contribution in [0.25, 0.3) is 0 Å². The molecule has 0 aliphatic carbocycles. The standard InChI is InChI=1S/C82H136N30O22/c1-43(2)35-56(74(128)107-54(27-18-34-96-82(92)93)72(126)110-58(38-61(87)116)75(129)108-55(79(133)134)28-29-60(86)115)109-71(125)50(23-12-14-30-83)105-70(124)53(26-17-33-95-81(90)91)104-67(121)45(4)101-77(131)59(42-113)111-73(127)51(24-13-15-31-84)106-69(123)52(25-16-32-94-80(88)89)103-66(120)44(3)100-63(118)41-99-78(132)65(46(5)114)112-76(130)57(37-48-21-10-7-11-22-48)102-64(119)40-97-62(117)39-98-68(122)49(85)36-47-19-8-6-9-20-47/h6-11,19-22,43-46,49-59,65,113-114H,12-18,23-42,83-85H2,1-5H3,(H2,86,115)(H2,87,116)(H,97,117)(H,98,122)(H,99,132)(H,100,118)(H,101,131)(H,102,119)(H,103,120)(H,104,121)(H,105,124)(H,106,123)(H,107,128)(H,108,129)(H,109,125)(H,110,126)(H,111,127)(H,112,130)(H,133,134)(H4,88,89,94)(H4,90,91,95)(H4,92,93,96)/t44-,45-,46+,49-,50-,51-,52-,53-,54-,55-,56-,57-,58-,59-,65-/m0/s1. The molecular formula is C82H136N30O22. The van der Waals surface area contributed by atoms with Crippen molar-refractivity contribution in [3.8, 4) is 0 Å². The van der Waals surface area contributed by atoms with Crippen molar-refractivity contribution in [1.82, 2.24) is 16.0 Å². The molecule has 41 N–H and O–H groups in total. The average molecular weight is 1890 g/mol. The van der Waals surface area contributed by atoms with Gasteiger partial charge in [-0.05, 0) is 147 Å². The van der Waals surface area contributed by atoms with E-state index >= 15 is 0 Å². The molecule has 2 rings (SSSR count). The fraction of sp³-hybridized carbons (Fsp3) is 0.585. The van der Waals surface area contributed by atoms with Gasteiger partial charge in [0.2, 0.25) is 88.5 Å². The average Bonchev–Trinajstić information content (AvgIpc) is 0.856. The minimum Gasteiger partial charge on any atom is -0.497 e. The van der Waals surface area contributed by atoms with Crippen LogP contribution in [-0.2, 0) is 17.6 Å². The summed E-state index contributed by atoms with van der Waals surface area (Å²) in [5.41, 5.74) is 35.6. The van der Waals surface area contributed by atoms with Crippen LogP contribution in [0.4, 0.5) is 0 Å². The number of carboxylic acids is 1. The summed E-state index contributed by atoms with van der Waals surface area (Å²) in [4.78, 5) is 77.4. The van der Waals surface area contributed by atoms with Gasteiger partial charge < -0.3 is 158 Å². The van der Waals surface area contributed by atoms with Crippen molar-refractivity contribution in [2.45, 2.75) is 241 Å². The second kappa shape index (κ2) is 63.1. The van der Waals surface area contributed by atoms with E-state index in [1.165, 1.54) is 20.8 Å². The highest BCUT2D eigenvalue weighted by Crippen LogP contribution is 2.21. The summed E-state index contributed by atoms with van der Waals surface area (Å²) in [7, 11) is 0. The molecule has 52 nitrogen and oxygen atoms in total. The van der Waals surface area contributed by atoms with Gasteiger partial charge >= 0.3 is 5.97 Å². The van der Waals surface area contributed by atoms with Crippen LogP contribution in [0.15, 0.2) is 141 Å². The van der Waals surface area contributed by atoms with E-state index in [2.05, 4.69) is 95.8 Å². The Hall–Kier alpha value is -14.0. The molecule has 15 atom stereocenters. The predicted octanol–water partition coefficient (Wildman–Crippen LogP) is 3.73. The number of hydrogen-bond acceptors (Lipinski definition) is 27. The van der Waals surface area contributed by atoms with Crippen molar-refractivity contribution in [3.63, 3.8) is 0 Å². The number of aliphatic carboxylic acids is 1. The fourth-order valence-electron chi connectivity index (χ4n) is 12.0. The van der Waals surface area contributed by atoms with Crippen LogP contribution in [-0.4, -0.2) is 387 Å². The third kappa shape index (κ3) is 48.2. The number of carbonyl (C=O) groups is 1. The van der Waals surface area contributed by atoms with Crippen molar-refractivity contribution in [2.24, 2.45) is 120 Å². The number of rotatable bonds is 66. The maximum atomic E-state index is 12.0. The molecule has 0 saturated heterocycles. The Bertz CT molecular complexity index is 4540. The minimum atomic E-state index is -1.85. The highest BCUT2D eigenvalue weighted by molar-refractivity contribution is 5.97.